The van der Waals surface area contributed by atoms with E-state index in [9.17, 15) is 18.0 Å². The Morgan fingerprint density at radius 3 is 2.22 bits per heavy atom. The third-order valence-electron chi connectivity index (χ3n) is 6.13. The molecule has 0 aliphatic carbocycles. The number of hydrogen-bond donors (Lipinski definition) is 0. The maximum Gasteiger partial charge on any atom is 0.251 e. The average molecular weight is 458 g/mol. The van der Waals surface area contributed by atoms with Crippen molar-refractivity contribution in [2.75, 3.05) is 38.2 Å². The molecule has 1 atom stereocenters. The number of carbonyl (C=O) groups excluding carboxylic acids is 2. The molecule has 8 nitrogen and oxygen atoms in total. The van der Waals surface area contributed by atoms with E-state index in [4.69, 9.17) is 4.74 Å². The molecule has 0 N–H and O–H groups in total. The van der Waals surface area contributed by atoms with Crippen LogP contribution in [0.5, 0.6) is 5.75 Å². The van der Waals surface area contributed by atoms with E-state index in [1.54, 1.807) is 44.4 Å². The zero-order chi connectivity index (χ0) is 23.0. The molecule has 32 heavy (non-hydrogen) atoms. The minimum atomic E-state index is -3.61. The number of nitrogens with zero attached hydrogens (tertiary/aromatic N) is 3. The fourth-order valence-corrected chi connectivity index (χ4v) is 6.02. The molecule has 4 rings (SSSR count). The van der Waals surface area contributed by atoms with Crippen LogP contribution in [0.3, 0.4) is 0 Å². The van der Waals surface area contributed by atoms with Gasteiger partial charge in [0.1, 0.15) is 5.75 Å². The molecule has 0 spiro atoms. The second-order valence-electron chi connectivity index (χ2n) is 8.19. The summed E-state index contributed by atoms with van der Waals surface area (Å²) in [6.45, 7) is 4.99. The van der Waals surface area contributed by atoms with Crippen molar-refractivity contribution in [1.82, 2.24) is 9.21 Å². The lowest BCUT2D eigenvalue weighted by atomic mass is 10.2. The maximum atomic E-state index is 13.2. The van der Waals surface area contributed by atoms with Crippen molar-refractivity contribution in [2.45, 2.75) is 31.2 Å². The van der Waals surface area contributed by atoms with Crippen molar-refractivity contribution in [2.24, 2.45) is 0 Å². The summed E-state index contributed by atoms with van der Waals surface area (Å²) in [7, 11) is -2.06. The molecule has 2 aliphatic heterocycles. The van der Waals surface area contributed by atoms with Gasteiger partial charge < -0.3 is 4.74 Å². The number of amides is 2. The van der Waals surface area contributed by atoms with Gasteiger partial charge in [-0.1, -0.05) is 12.1 Å². The quantitative estimate of drug-likeness (QED) is 0.638. The first kappa shape index (κ1) is 22.4. The van der Waals surface area contributed by atoms with Crippen molar-refractivity contribution < 1.29 is 22.7 Å². The normalized spacial score (nSPS) is 20.7. The zero-order valence-corrected chi connectivity index (χ0v) is 19.3. The van der Waals surface area contributed by atoms with Crippen LogP contribution >= 0.6 is 0 Å². The van der Waals surface area contributed by atoms with Gasteiger partial charge in [-0.15, -0.1) is 0 Å². The van der Waals surface area contributed by atoms with Crippen LogP contribution in [-0.4, -0.2) is 68.8 Å². The van der Waals surface area contributed by atoms with Crippen LogP contribution in [0, 0.1) is 13.8 Å². The molecule has 2 aliphatic rings. The molecule has 9 heteroatoms. The van der Waals surface area contributed by atoms with E-state index >= 15 is 0 Å². The standard InChI is InChI=1S/C23H27N3O5S/c1-16-4-5-17(2)21(14-16)32(29,30)25-12-10-24(11-13-25)20-15-22(27)26(23(20)28)18-6-8-19(31-3)9-7-18/h4-9,14,20H,10-13,15H2,1-3H3. The molecule has 0 radical (unpaired) electrons. The van der Waals surface area contributed by atoms with Crippen molar-refractivity contribution in [3.8, 4) is 5.75 Å². The van der Waals surface area contributed by atoms with Crippen molar-refractivity contribution in [3.63, 3.8) is 0 Å². The number of hydrogen-bond acceptors (Lipinski definition) is 6. The zero-order valence-electron chi connectivity index (χ0n) is 18.4. The van der Waals surface area contributed by atoms with Crippen LogP contribution in [0.1, 0.15) is 17.5 Å². The summed E-state index contributed by atoms with van der Waals surface area (Å²) >= 11 is 0. The van der Waals surface area contributed by atoms with Gasteiger partial charge in [-0.05, 0) is 55.3 Å². The van der Waals surface area contributed by atoms with Crippen LogP contribution in [0.2, 0.25) is 0 Å². The fourth-order valence-electron chi connectivity index (χ4n) is 4.28. The van der Waals surface area contributed by atoms with E-state index in [1.165, 1.54) is 9.21 Å². The Kier molecular flexibility index (Phi) is 6.07. The molecule has 0 bridgehead atoms. The third-order valence-corrected chi connectivity index (χ3v) is 8.17. The van der Waals surface area contributed by atoms with E-state index in [0.717, 1.165) is 5.56 Å². The van der Waals surface area contributed by atoms with Crippen LogP contribution in [0.15, 0.2) is 47.4 Å². The lowest BCUT2D eigenvalue weighted by Gasteiger charge is -2.36. The number of anilines is 1. The number of carbonyl (C=O) groups is 2. The highest BCUT2D eigenvalue weighted by Gasteiger charge is 2.44. The number of piperazine rings is 1. The second-order valence-corrected chi connectivity index (χ2v) is 10.1. The number of methoxy groups -OCH3 is 1. The maximum absolute atomic E-state index is 13.2. The summed E-state index contributed by atoms with van der Waals surface area (Å²) in [6, 6.07) is 11.6. The number of benzene rings is 2. The van der Waals surface area contributed by atoms with E-state index in [2.05, 4.69) is 0 Å². The molecule has 0 aromatic heterocycles. The first-order chi connectivity index (χ1) is 15.2. The molecule has 2 fully saturated rings. The number of imide groups is 1. The van der Waals surface area contributed by atoms with Crippen LogP contribution in [0.25, 0.3) is 0 Å². The molecular formula is C23H27N3O5S. The Labute approximate surface area is 188 Å². The van der Waals surface area contributed by atoms with Crippen molar-refractivity contribution in [1.29, 1.82) is 0 Å². The Morgan fingerprint density at radius 1 is 0.938 bits per heavy atom. The lowest BCUT2D eigenvalue weighted by molar-refractivity contribution is -0.123. The van der Waals surface area contributed by atoms with Crippen LogP contribution in [-0.2, 0) is 19.6 Å². The van der Waals surface area contributed by atoms with Gasteiger partial charge in [-0.25, -0.2) is 13.3 Å². The lowest BCUT2D eigenvalue weighted by Crippen LogP contribution is -2.53. The topological polar surface area (TPSA) is 87.2 Å². The Bertz CT molecular complexity index is 1140. The molecule has 1 unspecified atom stereocenters. The minimum Gasteiger partial charge on any atom is -0.497 e. The van der Waals surface area contributed by atoms with E-state index < -0.39 is 16.1 Å². The van der Waals surface area contributed by atoms with Gasteiger partial charge in [0.2, 0.25) is 15.9 Å². The summed E-state index contributed by atoms with van der Waals surface area (Å²) in [4.78, 5) is 29.1. The summed E-state index contributed by atoms with van der Waals surface area (Å²) in [5.41, 5.74) is 2.12. The summed E-state index contributed by atoms with van der Waals surface area (Å²) < 4.78 is 32.9. The van der Waals surface area contributed by atoms with Crippen LogP contribution < -0.4 is 9.64 Å². The van der Waals surface area contributed by atoms with Crippen LogP contribution in [0.4, 0.5) is 5.69 Å². The van der Waals surface area contributed by atoms with Crippen molar-refractivity contribution >= 4 is 27.5 Å². The first-order valence-electron chi connectivity index (χ1n) is 10.5. The molecule has 0 saturated carbocycles. The molecular weight excluding hydrogens is 430 g/mol. The van der Waals surface area contributed by atoms with Gasteiger partial charge in [-0.3, -0.25) is 14.5 Å². The van der Waals surface area contributed by atoms with Gasteiger partial charge in [0.15, 0.2) is 0 Å². The SMILES string of the molecule is COc1ccc(N2C(=O)CC(N3CCN(S(=O)(=O)c4cc(C)ccc4C)CC3)C2=O)cc1. The highest BCUT2D eigenvalue weighted by molar-refractivity contribution is 7.89. The van der Waals surface area contributed by atoms with Gasteiger partial charge in [0, 0.05) is 26.2 Å². The average Bonchev–Trinajstić information content (AvgIpc) is 3.09. The van der Waals surface area contributed by atoms with Gasteiger partial charge in [0.25, 0.3) is 5.91 Å². The number of ether oxygens (including phenoxy) is 1. The summed E-state index contributed by atoms with van der Waals surface area (Å²) in [5, 5.41) is 0. The highest BCUT2D eigenvalue weighted by atomic mass is 32.2. The van der Waals surface area contributed by atoms with Crippen molar-refractivity contribution in [3.05, 3.63) is 53.6 Å². The van der Waals surface area contributed by atoms with E-state index in [-0.39, 0.29) is 31.3 Å². The number of aryl methyl sites for hydroxylation is 2. The second kappa shape index (κ2) is 8.65. The number of sulfonamides is 1. The monoisotopic (exact) mass is 457 g/mol. The Morgan fingerprint density at radius 2 is 1.59 bits per heavy atom. The third kappa shape index (κ3) is 4.03. The largest absolute Gasteiger partial charge is 0.497 e. The smallest absolute Gasteiger partial charge is 0.251 e. The fraction of sp³-hybridized carbons (Fsp3) is 0.391. The van der Waals surface area contributed by atoms with Gasteiger partial charge >= 0.3 is 0 Å². The molecule has 170 valence electrons. The first-order valence-corrected chi connectivity index (χ1v) is 12.0. The highest BCUT2D eigenvalue weighted by Crippen LogP contribution is 2.29. The Hall–Kier alpha value is -2.75. The molecule has 2 aromatic carbocycles. The predicted molar refractivity (Wildman–Crippen MR) is 120 cm³/mol. The minimum absolute atomic E-state index is 0.0919. The molecule has 2 amide bonds. The summed E-state index contributed by atoms with van der Waals surface area (Å²) in [6.07, 6.45) is 0.0919. The summed E-state index contributed by atoms with van der Waals surface area (Å²) in [5.74, 6) is 0.118. The molecule has 2 saturated heterocycles. The van der Waals surface area contributed by atoms with E-state index in [0.29, 0.717) is 35.0 Å². The number of rotatable bonds is 5. The van der Waals surface area contributed by atoms with Gasteiger partial charge in [-0.2, -0.15) is 4.31 Å². The Balaban J connectivity index is 1.45. The molecule has 2 aromatic rings. The predicted octanol–water partition coefficient (Wildman–Crippen LogP) is 1.95. The molecule has 2 heterocycles. The van der Waals surface area contributed by atoms with Gasteiger partial charge in [0.05, 0.1) is 30.2 Å². The van der Waals surface area contributed by atoms with E-state index in [1.807, 2.05) is 24.0 Å².